The first-order valence-corrected chi connectivity index (χ1v) is 6.40. The first-order chi connectivity index (χ1) is 9.78. The SMILES string of the molecule is CCOCc1noc(-c2cc3ccccc3cc2O)n1. The molecule has 1 N–H and O–H groups in total. The van der Waals surface area contributed by atoms with Gasteiger partial charge in [0.05, 0.1) is 5.56 Å². The summed E-state index contributed by atoms with van der Waals surface area (Å²) in [6, 6.07) is 11.3. The van der Waals surface area contributed by atoms with Crippen molar-refractivity contribution in [1.29, 1.82) is 0 Å². The van der Waals surface area contributed by atoms with Crippen molar-refractivity contribution in [2.24, 2.45) is 0 Å². The topological polar surface area (TPSA) is 68.4 Å². The van der Waals surface area contributed by atoms with Gasteiger partial charge in [-0.25, -0.2) is 0 Å². The molecule has 0 radical (unpaired) electrons. The van der Waals surface area contributed by atoms with Gasteiger partial charge in [0, 0.05) is 6.61 Å². The van der Waals surface area contributed by atoms with E-state index in [1.807, 2.05) is 37.3 Å². The number of ether oxygens (including phenoxy) is 1. The monoisotopic (exact) mass is 270 g/mol. The van der Waals surface area contributed by atoms with Gasteiger partial charge in [0.2, 0.25) is 0 Å². The highest BCUT2D eigenvalue weighted by Gasteiger charge is 2.13. The van der Waals surface area contributed by atoms with Gasteiger partial charge in [-0.1, -0.05) is 29.4 Å². The van der Waals surface area contributed by atoms with Crippen molar-refractivity contribution in [3.05, 3.63) is 42.2 Å². The van der Waals surface area contributed by atoms with Crippen LogP contribution >= 0.6 is 0 Å². The average Bonchev–Trinajstić information content (AvgIpc) is 2.93. The molecule has 102 valence electrons. The van der Waals surface area contributed by atoms with Crippen LogP contribution in [-0.4, -0.2) is 21.9 Å². The van der Waals surface area contributed by atoms with Crippen LogP contribution in [-0.2, 0) is 11.3 Å². The summed E-state index contributed by atoms with van der Waals surface area (Å²) in [6.45, 7) is 2.79. The van der Waals surface area contributed by atoms with Crippen molar-refractivity contribution in [3.63, 3.8) is 0 Å². The Labute approximate surface area is 115 Å². The molecule has 1 aromatic heterocycles. The number of aromatic nitrogens is 2. The molecule has 0 atom stereocenters. The Kier molecular flexibility index (Phi) is 3.35. The lowest BCUT2D eigenvalue weighted by Crippen LogP contribution is -1.93. The van der Waals surface area contributed by atoms with Crippen LogP contribution in [0.4, 0.5) is 0 Å². The minimum absolute atomic E-state index is 0.121. The van der Waals surface area contributed by atoms with Crippen molar-refractivity contribution in [1.82, 2.24) is 10.1 Å². The lowest BCUT2D eigenvalue weighted by Gasteiger charge is -2.02. The molecule has 5 nitrogen and oxygen atoms in total. The molecule has 0 fully saturated rings. The van der Waals surface area contributed by atoms with Crippen LogP contribution in [0.1, 0.15) is 12.7 Å². The van der Waals surface area contributed by atoms with Gasteiger partial charge in [0.25, 0.3) is 5.89 Å². The van der Waals surface area contributed by atoms with E-state index in [2.05, 4.69) is 10.1 Å². The Morgan fingerprint density at radius 1 is 1.20 bits per heavy atom. The number of benzene rings is 2. The molecule has 0 bridgehead atoms. The molecule has 0 unspecified atom stereocenters. The van der Waals surface area contributed by atoms with Gasteiger partial charge < -0.3 is 14.4 Å². The lowest BCUT2D eigenvalue weighted by atomic mass is 10.1. The maximum Gasteiger partial charge on any atom is 0.261 e. The molecular weight excluding hydrogens is 256 g/mol. The molecule has 3 aromatic rings. The number of fused-ring (bicyclic) bond motifs is 1. The van der Waals surface area contributed by atoms with Gasteiger partial charge in [-0.05, 0) is 29.8 Å². The summed E-state index contributed by atoms with van der Waals surface area (Å²) in [5, 5.41) is 15.9. The summed E-state index contributed by atoms with van der Waals surface area (Å²) in [7, 11) is 0. The van der Waals surface area contributed by atoms with E-state index in [9.17, 15) is 5.11 Å². The van der Waals surface area contributed by atoms with Crippen LogP contribution in [0.15, 0.2) is 40.9 Å². The minimum atomic E-state index is 0.121. The van der Waals surface area contributed by atoms with Gasteiger partial charge in [-0.3, -0.25) is 0 Å². The average molecular weight is 270 g/mol. The second-order valence-corrected chi connectivity index (χ2v) is 4.37. The predicted molar refractivity (Wildman–Crippen MR) is 74.2 cm³/mol. The van der Waals surface area contributed by atoms with Crippen molar-refractivity contribution in [3.8, 4) is 17.2 Å². The predicted octanol–water partition coefficient (Wildman–Crippen LogP) is 3.13. The molecule has 20 heavy (non-hydrogen) atoms. The minimum Gasteiger partial charge on any atom is -0.507 e. The fourth-order valence-corrected chi connectivity index (χ4v) is 2.01. The van der Waals surface area contributed by atoms with E-state index < -0.39 is 0 Å². The molecule has 0 amide bonds. The van der Waals surface area contributed by atoms with Crippen molar-refractivity contribution < 1.29 is 14.4 Å². The van der Waals surface area contributed by atoms with Crippen molar-refractivity contribution in [2.75, 3.05) is 6.61 Å². The van der Waals surface area contributed by atoms with Gasteiger partial charge in [-0.15, -0.1) is 0 Å². The normalized spacial score (nSPS) is 11.1. The number of rotatable bonds is 4. The van der Waals surface area contributed by atoms with E-state index in [0.717, 1.165) is 10.8 Å². The van der Waals surface area contributed by atoms with Crippen molar-refractivity contribution in [2.45, 2.75) is 13.5 Å². The molecule has 5 heteroatoms. The van der Waals surface area contributed by atoms with Crippen molar-refractivity contribution >= 4 is 10.8 Å². The highest BCUT2D eigenvalue weighted by molar-refractivity contribution is 5.89. The third-order valence-corrected chi connectivity index (χ3v) is 3.00. The van der Waals surface area contributed by atoms with Gasteiger partial charge in [-0.2, -0.15) is 4.98 Å². The zero-order valence-corrected chi connectivity index (χ0v) is 11.0. The van der Waals surface area contributed by atoms with Gasteiger partial charge in [0.15, 0.2) is 5.82 Å². The lowest BCUT2D eigenvalue weighted by molar-refractivity contribution is 0.126. The smallest absolute Gasteiger partial charge is 0.261 e. The summed E-state index contributed by atoms with van der Waals surface area (Å²) >= 11 is 0. The zero-order chi connectivity index (χ0) is 13.9. The first kappa shape index (κ1) is 12.6. The Morgan fingerprint density at radius 3 is 2.70 bits per heavy atom. The van der Waals surface area contributed by atoms with E-state index in [0.29, 0.717) is 30.5 Å². The quantitative estimate of drug-likeness (QED) is 0.788. The third kappa shape index (κ3) is 2.35. The standard InChI is InChI=1S/C15H14N2O3/c1-2-19-9-14-16-15(20-17-14)12-7-10-5-3-4-6-11(10)8-13(12)18/h3-8,18H,2,9H2,1H3. The van der Waals surface area contributed by atoms with E-state index >= 15 is 0 Å². The van der Waals surface area contributed by atoms with Crippen LogP contribution in [0.2, 0.25) is 0 Å². The van der Waals surface area contributed by atoms with E-state index in [1.54, 1.807) is 6.07 Å². The van der Waals surface area contributed by atoms with Crippen LogP contribution in [0.5, 0.6) is 5.75 Å². The van der Waals surface area contributed by atoms with Crippen LogP contribution in [0.25, 0.3) is 22.2 Å². The summed E-state index contributed by atoms with van der Waals surface area (Å²) in [5.74, 6) is 0.882. The van der Waals surface area contributed by atoms with Gasteiger partial charge in [0.1, 0.15) is 12.4 Å². The number of hydrogen-bond donors (Lipinski definition) is 1. The van der Waals surface area contributed by atoms with Crippen LogP contribution in [0.3, 0.4) is 0 Å². The molecule has 2 aromatic carbocycles. The van der Waals surface area contributed by atoms with E-state index in [-0.39, 0.29) is 5.75 Å². The van der Waals surface area contributed by atoms with Crippen LogP contribution in [0, 0.1) is 0 Å². The first-order valence-electron chi connectivity index (χ1n) is 6.40. The zero-order valence-electron chi connectivity index (χ0n) is 11.0. The second-order valence-electron chi connectivity index (χ2n) is 4.37. The fourth-order valence-electron chi connectivity index (χ4n) is 2.01. The van der Waals surface area contributed by atoms with Gasteiger partial charge >= 0.3 is 0 Å². The second kappa shape index (κ2) is 5.30. The summed E-state index contributed by atoms with van der Waals surface area (Å²) < 4.78 is 10.4. The molecule has 0 saturated carbocycles. The Balaban J connectivity index is 2.00. The molecule has 0 aliphatic carbocycles. The number of phenolic OH excluding ortho intramolecular Hbond substituents is 1. The highest BCUT2D eigenvalue weighted by Crippen LogP contribution is 2.32. The maximum absolute atomic E-state index is 10.1. The summed E-state index contributed by atoms with van der Waals surface area (Å²) in [4.78, 5) is 4.22. The number of aromatic hydroxyl groups is 1. The number of hydrogen-bond acceptors (Lipinski definition) is 5. The highest BCUT2D eigenvalue weighted by atomic mass is 16.5. The number of phenols is 1. The Hall–Kier alpha value is -2.40. The molecule has 0 spiro atoms. The summed E-state index contributed by atoms with van der Waals surface area (Å²) in [5.41, 5.74) is 0.527. The maximum atomic E-state index is 10.1. The summed E-state index contributed by atoms with van der Waals surface area (Å²) in [6.07, 6.45) is 0. The molecule has 0 aliphatic heterocycles. The molecule has 1 heterocycles. The largest absolute Gasteiger partial charge is 0.507 e. The fraction of sp³-hybridized carbons (Fsp3) is 0.200. The number of nitrogens with zero attached hydrogens (tertiary/aromatic N) is 2. The van der Waals surface area contributed by atoms with Crippen LogP contribution < -0.4 is 0 Å². The Morgan fingerprint density at radius 2 is 1.95 bits per heavy atom. The molecule has 0 saturated heterocycles. The molecule has 3 rings (SSSR count). The molecular formula is C15H14N2O3. The van der Waals surface area contributed by atoms with E-state index in [4.69, 9.17) is 9.26 Å². The molecule has 0 aliphatic rings. The third-order valence-electron chi connectivity index (χ3n) is 3.00. The van der Waals surface area contributed by atoms with E-state index in [1.165, 1.54) is 0 Å². The Bertz CT molecular complexity index is 737.